The van der Waals surface area contributed by atoms with Crippen LogP contribution in [-0.4, -0.2) is 138 Å². The first-order valence-electron chi connectivity index (χ1n) is 21.1. The lowest BCUT2D eigenvalue weighted by atomic mass is 9.98. The van der Waals surface area contributed by atoms with Gasteiger partial charge in [-0.3, -0.25) is 49.0 Å². The van der Waals surface area contributed by atoms with E-state index in [1.165, 1.54) is 0 Å². The highest BCUT2D eigenvalue weighted by Gasteiger charge is 2.45. The van der Waals surface area contributed by atoms with E-state index in [1.807, 2.05) is 30.5 Å². The molecule has 15 nitrogen and oxygen atoms in total. The van der Waals surface area contributed by atoms with Crippen LogP contribution in [0.1, 0.15) is 58.4 Å². The summed E-state index contributed by atoms with van der Waals surface area (Å²) in [5.41, 5.74) is 4.32. The zero-order valence-corrected chi connectivity index (χ0v) is 34.5. The number of nitrogens with zero attached hydrogens (tertiary/aromatic N) is 7. The largest absolute Gasteiger partial charge is 0.496 e. The Morgan fingerprint density at radius 2 is 1.50 bits per heavy atom. The van der Waals surface area contributed by atoms with Gasteiger partial charge >= 0.3 is 0 Å². The van der Waals surface area contributed by atoms with Crippen molar-refractivity contribution < 1.29 is 28.7 Å². The van der Waals surface area contributed by atoms with E-state index in [1.54, 1.807) is 50.4 Å². The first kappa shape index (κ1) is 39.8. The molecule has 2 aromatic heterocycles. The number of carbonyl (C=O) groups is 4. The quantitative estimate of drug-likeness (QED) is 0.235. The van der Waals surface area contributed by atoms with Gasteiger partial charge in [0.15, 0.2) is 0 Å². The summed E-state index contributed by atoms with van der Waals surface area (Å²) in [6.45, 7) is 9.65. The van der Waals surface area contributed by atoms with Gasteiger partial charge in [-0.1, -0.05) is 0 Å². The monoisotopic (exact) mass is 816 g/mol. The minimum absolute atomic E-state index is 0.0852. The number of benzene rings is 2. The lowest BCUT2D eigenvalue weighted by Crippen LogP contribution is -2.54. The second kappa shape index (κ2) is 16.4. The normalized spacial score (nSPS) is 22.2. The van der Waals surface area contributed by atoms with Crippen LogP contribution in [0.15, 0.2) is 59.8 Å². The molecule has 2 aromatic carbocycles. The molecule has 7 heterocycles. The third-order valence-corrected chi connectivity index (χ3v) is 13.4. The Bertz CT molecular complexity index is 2390. The Balaban J connectivity index is 0.762. The van der Waals surface area contributed by atoms with Gasteiger partial charge in [0.1, 0.15) is 17.5 Å². The minimum Gasteiger partial charge on any atom is -0.496 e. The molecule has 2 unspecified atom stereocenters. The number of methoxy groups -OCH3 is 2. The Morgan fingerprint density at radius 3 is 2.22 bits per heavy atom. The van der Waals surface area contributed by atoms with Crippen molar-refractivity contribution in [3.8, 4) is 22.6 Å². The van der Waals surface area contributed by atoms with Crippen molar-refractivity contribution >= 4 is 40.1 Å². The summed E-state index contributed by atoms with van der Waals surface area (Å²) in [5, 5.41) is 3.67. The zero-order valence-electron chi connectivity index (χ0n) is 34.5. The van der Waals surface area contributed by atoms with Gasteiger partial charge in [0, 0.05) is 102 Å². The number of anilines is 1. The molecular weight excluding hydrogens is 765 g/mol. The fraction of sp³-hybridized carbons (Fsp3) is 0.467. The van der Waals surface area contributed by atoms with Gasteiger partial charge in [-0.25, -0.2) is 0 Å². The third-order valence-electron chi connectivity index (χ3n) is 13.4. The number of aryl methyl sites for hydroxylation is 1. The highest BCUT2D eigenvalue weighted by molar-refractivity contribution is 6.23. The summed E-state index contributed by atoms with van der Waals surface area (Å²) >= 11 is 0. The van der Waals surface area contributed by atoms with E-state index in [9.17, 15) is 24.0 Å². The molecule has 4 fully saturated rings. The van der Waals surface area contributed by atoms with Gasteiger partial charge in [-0.2, -0.15) is 0 Å². The van der Waals surface area contributed by atoms with Crippen molar-refractivity contribution in [1.29, 1.82) is 0 Å². The number of likely N-dealkylation sites (tertiary alicyclic amines) is 1. The number of fused-ring (bicyclic) bond motifs is 2. The number of nitrogens with one attached hydrogen (secondary N) is 1. The molecule has 0 radical (unpaired) electrons. The van der Waals surface area contributed by atoms with E-state index in [2.05, 4.69) is 29.9 Å². The molecule has 1 N–H and O–H groups in total. The van der Waals surface area contributed by atoms with Gasteiger partial charge in [-0.15, -0.1) is 0 Å². The number of carbonyl (C=O) groups excluding carboxylic acids is 4. The molecule has 0 saturated carbocycles. The summed E-state index contributed by atoms with van der Waals surface area (Å²) in [6, 6.07) is 11.0. The molecule has 15 heteroatoms. The van der Waals surface area contributed by atoms with E-state index < -0.39 is 23.8 Å². The van der Waals surface area contributed by atoms with Crippen LogP contribution in [0.25, 0.3) is 21.9 Å². The van der Waals surface area contributed by atoms with Crippen LogP contribution in [0.4, 0.5) is 5.69 Å². The number of piperidine rings is 2. The molecule has 0 spiro atoms. The van der Waals surface area contributed by atoms with Crippen molar-refractivity contribution in [3.63, 3.8) is 0 Å². The molecule has 2 atom stereocenters. The summed E-state index contributed by atoms with van der Waals surface area (Å²) in [6.07, 6.45) is 8.81. The van der Waals surface area contributed by atoms with Crippen LogP contribution in [0, 0.1) is 5.92 Å². The molecule has 4 amide bonds. The fourth-order valence-electron chi connectivity index (χ4n) is 10.1. The first-order chi connectivity index (χ1) is 29.1. The molecule has 4 saturated heterocycles. The molecular formula is C45H52N8O7. The molecule has 5 aliphatic heterocycles. The second-order valence-electron chi connectivity index (χ2n) is 16.9. The van der Waals surface area contributed by atoms with Crippen LogP contribution >= 0.6 is 0 Å². The van der Waals surface area contributed by atoms with E-state index in [-0.39, 0.29) is 24.3 Å². The second-order valence-corrected chi connectivity index (χ2v) is 16.9. The van der Waals surface area contributed by atoms with Crippen molar-refractivity contribution in [2.24, 2.45) is 13.0 Å². The standard InChI is InChI=1S/C45H52N8O7/c1-48-26-36(32-8-12-46-23-35(32)43(48)56)29-20-39(59-2)37(40(21-29)60-3)27-50-16-18-51(19-17-50)30-10-13-49(14-11-30)24-28-9-15-52(25-28)31-4-5-33-34(22-31)45(58)53(44(33)57)38-6-7-41(54)47-42(38)55/h4-5,8,12,20-23,26,28,30,38H,6-7,9-11,13-19,24-25,27H2,1-3H3,(H,47,54,55). The van der Waals surface area contributed by atoms with Crippen molar-refractivity contribution in [2.75, 3.05) is 78.0 Å². The number of hydrogen-bond donors (Lipinski definition) is 1. The Labute approximate surface area is 348 Å². The number of pyridine rings is 2. The summed E-state index contributed by atoms with van der Waals surface area (Å²) < 4.78 is 13.5. The fourth-order valence-corrected chi connectivity index (χ4v) is 10.1. The summed E-state index contributed by atoms with van der Waals surface area (Å²) in [5.74, 6) is 0.111. The highest BCUT2D eigenvalue weighted by Crippen LogP contribution is 2.38. The van der Waals surface area contributed by atoms with Crippen LogP contribution in [0.5, 0.6) is 11.5 Å². The topological polar surface area (TPSA) is 150 Å². The van der Waals surface area contributed by atoms with Crippen LogP contribution in [-0.2, 0) is 23.2 Å². The van der Waals surface area contributed by atoms with Crippen molar-refractivity contribution in [2.45, 2.75) is 50.7 Å². The lowest BCUT2D eigenvalue weighted by molar-refractivity contribution is -0.136. The van der Waals surface area contributed by atoms with E-state index in [4.69, 9.17) is 9.47 Å². The molecule has 5 aliphatic rings. The maximum absolute atomic E-state index is 13.4. The van der Waals surface area contributed by atoms with Crippen LogP contribution < -0.4 is 25.2 Å². The SMILES string of the molecule is COc1cc(-c2cn(C)c(=O)c3cnccc23)cc(OC)c1CN1CCN(C2CCN(CC3CCN(c4ccc5c(c4)C(=O)N(C4CCC(=O)NC4=O)C5=O)C3)CC2)CC1. The van der Waals surface area contributed by atoms with Crippen LogP contribution in [0.2, 0.25) is 0 Å². The number of rotatable bonds is 10. The van der Waals surface area contributed by atoms with Gasteiger partial charge in [-0.05, 0) is 92.0 Å². The Kier molecular flexibility index (Phi) is 10.9. The van der Waals surface area contributed by atoms with E-state index in [0.717, 1.165) is 129 Å². The molecule has 0 aliphatic carbocycles. The summed E-state index contributed by atoms with van der Waals surface area (Å²) in [7, 11) is 5.15. The maximum atomic E-state index is 13.4. The average molecular weight is 817 g/mol. The zero-order chi connectivity index (χ0) is 41.7. The Hall–Kier alpha value is -5.64. The molecule has 9 rings (SSSR count). The number of hydrogen-bond acceptors (Lipinski definition) is 12. The Morgan fingerprint density at radius 1 is 0.767 bits per heavy atom. The van der Waals surface area contributed by atoms with Gasteiger partial charge < -0.3 is 23.8 Å². The molecule has 314 valence electrons. The highest BCUT2D eigenvalue weighted by atomic mass is 16.5. The van der Waals surface area contributed by atoms with Gasteiger partial charge in [0.05, 0.1) is 36.3 Å². The third kappa shape index (κ3) is 7.43. The predicted molar refractivity (Wildman–Crippen MR) is 225 cm³/mol. The van der Waals surface area contributed by atoms with Gasteiger partial charge in [0.25, 0.3) is 17.4 Å². The average Bonchev–Trinajstić information content (AvgIpc) is 3.83. The molecule has 4 aromatic rings. The number of ether oxygens (including phenoxy) is 2. The number of piperazine rings is 1. The van der Waals surface area contributed by atoms with Crippen LogP contribution in [0.3, 0.4) is 0 Å². The van der Waals surface area contributed by atoms with E-state index >= 15 is 0 Å². The number of imide groups is 2. The number of amides is 4. The first-order valence-corrected chi connectivity index (χ1v) is 21.1. The summed E-state index contributed by atoms with van der Waals surface area (Å²) in [4.78, 5) is 78.8. The van der Waals surface area contributed by atoms with E-state index in [0.29, 0.717) is 28.5 Å². The maximum Gasteiger partial charge on any atom is 0.262 e. The van der Waals surface area contributed by atoms with Crippen molar-refractivity contribution in [1.82, 2.24) is 34.5 Å². The van der Waals surface area contributed by atoms with Crippen molar-refractivity contribution in [3.05, 3.63) is 82.0 Å². The van der Waals surface area contributed by atoms with Gasteiger partial charge in [0.2, 0.25) is 11.8 Å². The predicted octanol–water partition coefficient (Wildman–Crippen LogP) is 3.13. The smallest absolute Gasteiger partial charge is 0.262 e. The molecule has 60 heavy (non-hydrogen) atoms. The lowest BCUT2D eigenvalue weighted by Gasteiger charge is -2.43. The number of aromatic nitrogens is 2. The minimum atomic E-state index is -0.963. The molecule has 0 bridgehead atoms.